The molecule has 0 aromatic rings. The van der Waals surface area contributed by atoms with Crippen molar-refractivity contribution < 1.29 is 0 Å². The lowest BCUT2D eigenvalue weighted by Crippen LogP contribution is -2.20. The van der Waals surface area contributed by atoms with Gasteiger partial charge in [0.1, 0.15) is 0 Å². The van der Waals surface area contributed by atoms with Crippen molar-refractivity contribution in [3.05, 3.63) is 0 Å². The Morgan fingerprint density at radius 1 is 1.06 bits per heavy atom. The highest BCUT2D eigenvalue weighted by Crippen LogP contribution is 2.61. The van der Waals surface area contributed by atoms with Crippen LogP contribution >= 0.6 is 0 Å². The summed E-state index contributed by atoms with van der Waals surface area (Å²) >= 11 is 0. The number of unbranched alkanes of at least 4 members (excludes halogenated alkanes) is 1. The van der Waals surface area contributed by atoms with Crippen LogP contribution in [0.15, 0.2) is 0 Å². The Morgan fingerprint density at radius 2 is 1.72 bits per heavy atom. The molecule has 1 aliphatic carbocycles. The fraction of sp³-hybridized carbons (Fsp3) is 1.00. The summed E-state index contributed by atoms with van der Waals surface area (Å²) < 4.78 is 0. The van der Waals surface area contributed by atoms with Gasteiger partial charge in [-0.05, 0) is 35.5 Å². The molecule has 0 aliphatic heterocycles. The highest BCUT2D eigenvalue weighted by atomic mass is 14.6. The average molecular weight is 252 g/mol. The van der Waals surface area contributed by atoms with Gasteiger partial charge < -0.3 is 0 Å². The summed E-state index contributed by atoms with van der Waals surface area (Å²) in [6.45, 7) is 14.6. The Bertz CT molecular complexity index is 232. The van der Waals surface area contributed by atoms with Crippen LogP contribution in [0.2, 0.25) is 0 Å². The maximum atomic E-state index is 2.53. The maximum absolute atomic E-state index is 2.53. The Balaban J connectivity index is 2.26. The van der Waals surface area contributed by atoms with Gasteiger partial charge >= 0.3 is 0 Å². The normalized spacial score (nSPS) is 32.0. The van der Waals surface area contributed by atoms with Crippen molar-refractivity contribution in [1.82, 2.24) is 0 Å². The van der Waals surface area contributed by atoms with E-state index in [2.05, 4.69) is 41.5 Å². The second-order valence-electron chi connectivity index (χ2n) is 7.41. The molecule has 0 heteroatoms. The van der Waals surface area contributed by atoms with Crippen LogP contribution in [-0.2, 0) is 0 Å². The van der Waals surface area contributed by atoms with E-state index in [-0.39, 0.29) is 0 Å². The molecule has 1 aliphatic rings. The summed E-state index contributed by atoms with van der Waals surface area (Å²) in [6, 6.07) is 0. The molecule has 0 heterocycles. The zero-order chi connectivity index (χ0) is 13.8. The van der Waals surface area contributed by atoms with Gasteiger partial charge in [0.05, 0.1) is 0 Å². The van der Waals surface area contributed by atoms with E-state index in [1.165, 1.54) is 44.9 Å². The second kappa shape index (κ2) is 6.96. The highest BCUT2D eigenvalue weighted by molar-refractivity contribution is 5.02. The van der Waals surface area contributed by atoms with E-state index in [9.17, 15) is 0 Å². The van der Waals surface area contributed by atoms with Gasteiger partial charge in [0.2, 0.25) is 0 Å². The van der Waals surface area contributed by atoms with Gasteiger partial charge in [-0.15, -0.1) is 0 Å². The minimum Gasteiger partial charge on any atom is -0.0654 e. The lowest BCUT2D eigenvalue weighted by molar-refractivity contribution is 0.216. The van der Waals surface area contributed by atoms with Crippen LogP contribution < -0.4 is 0 Å². The summed E-state index contributed by atoms with van der Waals surface area (Å²) in [5.41, 5.74) is 0.681. The van der Waals surface area contributed by atoms with Crippen molar-refractivity contribution in [2.45, 2.75) is 86.5 Å². The monoisotopic (exact) mass is 252 g/mol. The first-order valence-corrected chi connectivity index (χ1v) is 8.45. The molecule has 18 heavy (non-hydrogen) atoms. The van der Waals surface area contributed by atoms with E-state index >= 15 is 0 Å². The van der Waals surface area contributed by atoms with Crippen molar-refractivity contribution in [3.8, 4) is 0 Å². The summed E-state index contributed by atoms with van der Waals surface area (Å²) in [7, 11) is 0. The number of rotatable bonds is 9. The number of hydrogen-bond donors (Lipinski definition) is 0. The molecule has 0 radical (unpaired) electrons. The summed E-state index contributed by atoms with van der Waals surface area (Å²) in [6.07, 6.45) is 9.97. The molecule has 0 nitrogen and oxygen atoms in total. The van der Waals surface area contributed by atoms with E-state index in [1.807, 2.05) is 0 Å². The van der Waals surface area contributed by atoms with Crippen LogP contribution in [0.25, 0.3) is 0 Å². The third kappa shape index (κ3) is 4.00. The SMILES string of the molecule is CCCCC(C)CCC(C)C(C)C1(C)CC1CC. The summed E-state index contributed by atoms with van der Waals surface area (Å²) in [4.78, 5) is 0. The van der Waals surface area contributed by atoms with Crippen molar-refractivity contribution >= 4 is 0 Å². The Labute approximate surface area is 116 Å². The van der Waals surface area contributed by atoms with Crippen LogP contribution in [0.1, 0.15) is 86.5 Å². The lowest BCUT2D eigenvalue weighted by atomic mass is 9.77. The first-order chi connectivity index (χ1) is 8.45. The van der Waals surface area contributed by atoms with Crippen LogP contribution in [-0.4, -0.2) is 0 Å². The fourth-order valence-corrected chi connectivity index (χ4v) is 3.78. The highest BCUT2D eigenvalue weighted by Gasteiger charge is 2.52. The van der Waals surface area contributed by atoms with Crippen LogP contribution in [0, 0.1) is 29.1 Å². The Morgan fingerprint density at radius 3 is 2.22 bits per heavy atom. The second-order valence-corrected chi connectivity index (χ2v) is 7.41. The first kappa shape index (κ1) is 16.1. The van der Waals surface area contributed by atoms with E-state index < -0.39 is 0 Å². The molecule has 0 aromatic heterocycles. The van der Waals surface area contributed by atoms with Crippen LogP contribution in [0.5, 0.6) is 0 Å². The molecule has 0 saturated heterocycles. The quantitative estimate of drug-likeness (QED) is 0.451. The largest absolute Gasteiger partial charge is 0.0654 e. The molecular weight excluding hydrogens is 216 g/mol. The predicted molar refractivity (Wildman–Crippen MR) is 82.8 cm³/mol. The minimum absolute atomic E-state index is 0.681. The minimum atomic E-state index is 0.681. The topological polar surface area (TPSA) is 0 Å². The molecule has 1 rings (SSSR count). The molecule has 1 saturated carbocycles. The maximum Gasteiger partial charge on any atom is -0.0266 e. The first-order valence-electron chi connectivity index (χ1n) is 8.45. The molecule has 0 N–H and O–H groups in total. The summed E-state index contributed by atoms with van der Waals surface area (Å²) in [5, 5.41) is 0. The van der Waals surface area contributed by atoms with E-state index in [0.29, 0.717) is 5.41 Å². The predicted octanol–water partition coefficient (Wildman–Crippen LogP) is 6.30. The van der Waals surface area contributed by atoms with Crippen molar-refractivity contribution in [1.29, 1.82) is 0 Å². The molecular formula is C18H36. The molecule has 0 spiro atoms. The molecule has 1 fully saturated rings. The standard InChI is InChI=1S/C18H36/c1-7-9-10-14(3)11-12-15(4)16(5)18(6)13-17(18)8-2/h14-17H,7-13H2,1-6H3. The van der Waals surface area contributed by atoms with Gasteiger partial charge in [0.15, 0.2) is 0 Å². The number of hydrogen-bond acceptors (Lipinski definition) is 0. The average Bonchev–Trinajstić information content (AvgIpc) is 3.05. The van der Waals surface area contributed by atoms with Crippen LogP contribution in [0.4, 0.5) is 0 Å². The van der Waals surface area contributed by atoms with E-state index in [4.69, 9.17) is 0 Å². The van der Waals surface area contributed by atoms with Crippen molar-refractivity contribution in [2.24, 2.45) is 29.1 Å². The zero-order valence-corrected chi connectivity index (χ0v) is 13.8. The van der Waals surface area contributed by atoms with Gasteiger partial charge in [-0.3, -0.25) is 0 Å². The molecule has 5 unspecified atom stereocenters. The molecule has 5 atom stereocenters. The third-order valence-electron chi connectivity index (χ3n) is 6.01. The zero-order valence-electron chi connectivity index (χ0n) is 13.8. The lowest BCUT2D eigenvalue weighted by Gasteiger charge is -2.28. The molecule has 0 amide bonds. The van der Waals surface area contributed by atoms with E-state index in [1.54, 1.807) is 0 Å². The van der Waals surface area contributed by atoms with E-state index in [0.717, 1.165) is 23.7 Å². The Hall–Kier alpha value is 0. The fourth-order valence-electron chi connectivity index (χ4n) is 3.78. The third-order valence-corrected chi connectivity index (χ3v) is 6.01. The van der Waals surface area contributed by atoms with Crippen LogP contribution in [0.3, 0.4) is 0 Å². The van der Waals surface area contributed by atoms with Crippen molar-refractivity contribution in [2.75, 3.05) is 0 Å². The van der Waals surface area contributed by atoms with Crippen molar-refractivity contribution in [3.63, 3.8) is 0 Å². The van der Waals surface area contributed by atoms with Gasteiger partial charge in [-0.2, -0.15) is 0 Å². The summed E-state index contributed by atoms with van der Waals surface area (Å²) in [5.74, 6) is 3.79. The van der Waals surface area contributed by atoms with Gasteiger partial charge in [-0.25, -0.2) is 0 Å². The molecule has 0 aromatic carbocycles. The van der Waals surface area contributed by atoms with Gasteiger partial charge in [-0.1, -0.05) is 80.1 Å². The van der Waals surface area contributed by atoms with Gasteiger partial charge in [0.25, 0.3) is 0 Å². The van der Waals surface area contributed by atoms with Gasteiger partial charge in [0, 0.05) is 0 Å². The Kier molecular flexibility index (Phi) is 6.21. The molecule has 0 bridgehead atoms. The smallest absolute Gasteiger partial charge is 0.0266 e. The molecule has 108 valence electrons.